The lowest BCUT2D eigenvalue weighted by Crippen LogP contribution is -2.15. The summed E-state index contributed by atoms with van der Waals surface area (Å²) in [5, 5.41) is 0. The molecule has 0 fully saturated rings. The summed E-state index contributed by atoms with van der Waals surface area (Å²) in [6, 6.07) is 8.93. The number of aromatic nitrogens is 3. The number of fused-ring (bicyclic) bond motifs is 1. The number of halogens is 1. The molecule has 0 saturated heterocycles. The van der Waals surface area contributed by atoms with Gasteiger partial charge in [0.1, 0.15) is 0 Å². The van der Waals surface area contributed by atoms with Gasteiger partial charge in [-0.1, -0.05) is 0 Å². The number of pyridine rings is 1. The number of hydrogen-bond donors (Lipinski definition) is 2. The van der Waals surface area contributed by atoms with Crippen molar-refractivity contribution in [1.82, 2.24) is 14.5 Å². The lowest BCUT2D eigenvalue weighted by molar-refractivity contribution is 0.0997. The minimum absolute atomic E-state index is 0.0518. The predicted octanol–water partition coefficient (Wildman–Crippen LogP) is 2.65. The molecule has 4 rings (SSSR count). The minimum Gasteiger partial charge on any atom is -0.494 e. The van der Waals surface area contributed by atoms with Crippen LogP contribution in [0, 0.1) is 5.82 Å². The van der Waals surface area contributed by atoms with Gasteiger partial charge >= 0.3 is 5.69 Å². The van der Waals surface area contributed by atoms with Gasteiger partial charge in [-0.2, -0.15) is 0 Å². The zero-order chi connectivity index (χ0) is 24.6. The fraction of sp³-hybridized carbons (Fsp3) is 0.174. The van der Waals surface area contributed by atoms with Crippen molar-refractivity contribution in [2.24, 2.45) is 5.73 Å². The van der Waals surface area contributed by atoms with Crippen molar-refractivity contribution in [1.29, 1.82) is 0 Å². The molecule has 2 aromatic carbocycles. The topological polar surface area (TPSA) is 131 Å². The first-order valence-corrected chi connectivity index (χ1v) is 9.92. The zero-order valence-electron chi connectivity index (χ0n) is 18.8. The maximum Gasteiger partial charge on any atom is 0.331 e. The molecule has 11 heteroatoms. The van der Waals surface area contributed by atoms with Gasteiger partial charge in [0.25, 0.3) is 5.91 Å². The van der Waals surface area contributed by atoms with E-state index in [2.05, 4.69) is 9.97 Å². The second-order valence-corrected chi connectivity index (χ2v) is 7.11. The molecule has 2 heterocycles. The number of primary amides is 1. The van der Waals surface area contributed by atoms with Gasteiger partial charge < -0.3 is 29.7 Å². The van der Waals surface area contributed by atoms with Gasteiger partial charge in [0, 0.05) is 17.7 Å². The van der Waals surface area contributed by atoms with Crippen LogP contribution in [0.4, 0.5) is 4.39 Å². The lowest BCUT2D eigenvalue weighted by Gasteiger charge is -2.15. The van der Waals surface area contributed by atoms with Crippen LogP contribution in [0.5, 0.6) is 23.0 Å². The smallest absolute Gasteiger partial charge is 0.331 e. The minimum atomic E-state index is -0.862. The van der Waals surface area contributed by atoms with Crippen molar-refractivity contribution in [3.63, 3.8) is 0 Å². The summed E-state index contributed by atoms with van der Waals surface area (Å²) < 4.78 is 36.7. The van der Waals surface area contributed by atoms with E-state index in [4.69, 9.17) is 24.7 Å². The number of nitrogens with zero attached hydrogens (tertiary/aromatic N) is 2. The third-order valence-electron chi connectivity index (χ3n) is 5.26. The van der Waals surface area contributed by atoms with E-state index in [1.807, 2.05) is 0 Å². The van der Waals surface area contributed by atoms with Crippen LogP contribution < -0.4 is 30.4 Å². The van der Waals surface area contributed by atoms with Crippen LogP contribution in [0.15, 0.2) is 41.2 Å². The number of aromatic amines is 1. The first-order valence-electron chi connectivity index (χ1n) is 9.92. The number of hydrogen-bond acceptors (Lipinski definition) is 7. The van der Waals surface area contributed by atoms with E-state index in [0.29, 0.717) is 28.5 Å². The Kier molecular flexibility index (Phi) is 5.84. The molecule has 0 aliphatic carbocycles. The molecule has 4 aromatic rings. The number of ether oxygens (including phenoxy) is 4. The van der Waals surface area contributed by atoms with E-state index in [0.717, 1.165) is 0 Å². The van der Waals surface area contributed by atoms with Gasteiger partial charge in [0.2, 0.25) is 5.75 Å². The predicted molar refractivity (Wildman–Crippen MR) is 122 cm³/mol. The molecule has 0 saturated carbocycles. The number of nitrogens with one attached hydrogen (secondary N) is 1. The second kappa shape index (κ2) is 8.77. The average molecular weight is 468 g/mol. The number of carbonyl (C=O) groups is 1. The number of rotatable bonds is 7. The Bertz CT molecular complexity index is 1450. The van der Waals surface area contributed by atoms with Crippen LogP contribution in [-0.2, 0) is 0 Å². The van der Waals surface area contributed by atoms with E-state index in [9.17, 15) is 14.0 Å². The number of carbonyl (C=O) groups excluding carboxylic acids is 1. The number of imidazole rings is 1. The Morgan fingerprint density at radius 1 is 0.971 bits per heavy atom. The molecule has 34 heavy (non-hydrogen) atoms. The van der Waals surface area contributed by atoms with Crippen LogP contribution in [0.1, 0.15) is 10.5 Å². The number of H-pyrrole nitrogens is 1. The van der Waals surface area contributed by atoms with Crippen LogP contribution in [0.2, 0.25) is 0 Å². The van der Waals surface area contributed by atoms with Gasteiger partial charge in [0.15, 0.2) is 28.8 Å². The van der Waals surface area contributed by atoms with E-state index in [-0.39, 0.29) is 28.2 Å². The molecule has 176 valence electrons. The highest BCUT2D eigenvalue weighted by Gasteiger charge is 2.21. The number of nitrogens with two attached hydrogens (primary N) is 1. The molecular formula is C23H21FN4O6. The van der Waals surface area contributed by atoms with Crippen LogP contribution >= 0.6 is 0 Å². The second-order valence-electron chi connectivity index (χ2n) is 7.11. The Morgan fingerprint density at radius 2 is 1.62 bits per heavy atom. The average Bonchev–Trinajstić information content (AvgIpc) is 3.17. The summed E-state index contributed by atoms with van der Waals surface area (Å²) in [7, 11) is 5.71. The number of methoxy groups -OCH3 is 4. The SMILES string of the molecule is COc1ccc(-c2cc3c([nH]c(=O)n3-c3cc(OC)c(OC)c(OC)c3)c(C(N)=O)n2)cc1F. The molecule has 2 aromatic heterocycles. The maximum atomic E-state index is 14.4. The molecule has 1 amide bonds. The molecule has 0 radical (unpaired) electrons. The molecule has 3 N–H and O–H groups in total. The van der Waals surface area contributed by atoms with Crippen LogP contribution in [-0.4, -0.2) is 48.9 Å². The van der Waals surface area contributed by atoms with E-state index < -0.39 is 17.4 Å². The van der Waals surface area contributed by atoms with Gasteiger partial charge in [-0.15, -0.1) is 0 Å². The highest BCUT2D eigenvalue weighted by atomic mass is 19.1. The molecule has 0 unspecified atom stereocenters. The molecule has 0 atom stereocenters. The first-order chi connectivity index (χ1) is 16.3. The van der Waals surface area contributed by atoms with E-state index in [1.165, 1.54) is 45.1 Å². The summed E-state index contributed by atoms with van der Waals surface area (Å²) in [5.41, 5.74) is 6.16. The summed E-state index contributed by atoms with van der Waals surface area (Å²) in [5.74, 6) is -0.441. The van der Waals surface area contributed by atoms with E-state index in [1.54, 1.807) is 24.3 Å². The maximum absolute atomic E-state index is 14.4. The van der Waals surface area contributed by atoms with Gasteiger partial charge in [-0.25, -0.2) is 14.2 Å². The monoisotopic (exact) mass is 468 g/mol. The number of amides is 1. The van der Waals surface area contributed by atoms with Crippen LogP contribution in [0.3, 0.4) is 0 Å². The Balaban J connectivity index is 2.04. The Labute approximate surface area is 192 Å². The summed E-state index contributed by atoms with van der Waals surface area (Å²) in [6.45, 7) is 0. The quantitative estimate of drug-likeness (QED) is 0.426. The molecule has 10 nitrogen and oxygen atoms in total. The lowest BCUT2D eigenvalue weighted by atomic mass is 10.1. The Hall–Kier alpha value is -4.54. The molecule has 0 spiro atoms. The largest absolute Gasteiger partial charge is 0.494 e. The van der Waals surface area contributed by atoms with Crippen molar-refractivity contribution in [2.75, 3.05) is 28.4 Å². The summed E-state index contributed by atoms with van der Waals surface area (Å²) >= 11 is 0. The standard InChI is InChI=1S/C23H21FN4O6/c1-31-16-6-5-11(7-13(16)24)14-10-15-19(20(26-14)22(25)29)27-23(30)28(15)12-8-17(32-2)21(34-4)18(9-12)33-3/h5-10H,1-4H3,(H2,25,29)(H,27,30). The third kappa shape index (κ3) is 3.66. The van der Waals surface area contributed by atoms with Crippen molar-refractivity contribution in [2.45, 2.75) is 0 Å². The first kappa shape index (κ1) is 22.6. The zero-order valence-corrected chi connectivity index (χ0v) is 18.8. The van der Waals surface area contributed by atoms with Crippen LogP contribution in [0.25, 0.3) is 28.0 Å². The van der Waals surface area contributed by atoms with E-state index >= 15 is 0 Å². The molecule has 0 bridgehead atoms. The highest BCUT2D eigenvalue weighted by molar-refractivity contribution is 6.03. The molecule has 0 aliphatic heterocycles. The van der Waals surface area contributed by atoms with Crippen molar-refractivity contribution < 1.29 is 28.1 Å². The van der Waals surface area contributed by atoms with Crippen molar-refractivity contribution in [3.05, 3.63) is 58.4 Å². The summed E-state index contributed by atoms with van der Waals surface area (Å²) in [6.07, 6.45) is 0. The van der Waals surface area contributed by atoms with Gasteiger partial charge in [-0.05, 0) is 24.3 Å². The normalized spacial score (nSPS) is 10.9. The highest BCUT2D eigenvalue weighted by Crippen LogP contribution is 2.39. The Morgan fingerprint density at radius 3 is 2.15 bits per heavy atom. The molecular weight excluding hydrogens is 447 g/mol. The fourth-order valence-electron chi connectivity index (χ4n) is 3.71. The third-order valence-corrected chi connectivity index (χ3v) is 5.26. The van der Waals surface area contributed by atoms with Gasteiger partial charge in [0.05, 0.1) is 50.9 Å². The molecule has 0 aliphatic rings. The van der Waals surface area contributed by atoms with Crippen molar-refractivity contribution in [3.8, 4) is 39.9 Å². The summed E-state index contributed by atoms with van der Waals surface area (Å²) in [4.78, 5) is 32.1. The van der Waals surface area contributed by atoms with Gasteiger partial charge in [-0.3, -0.25) is 9.36 Å². The number of benzene rings is 2. The fourth-order valence-corrected chi connectivity index (χ4v) is 3.71. The van der Waals surface area contributed by atoms with Crippen molar-refractivity contribution >= 4 is 16.9 Å².